The van der Waals surface area contributed by atoms with Crippen molar-refractivity contribution in [2.75, 3.05) is 14.2 Å². The fraction of sp³-hybridized carbons (Fsp3) is 0.158. The van der Waals surface area contributed by atoms with Crippen molar-refractivity contribution in [3.63, 3.8) is 0 Å². The number of likely N-dealkylation sites (N-methyl/N-ethyl adjacent to an activating group) is 1. The van der Waals surface area contributed by atoms with Crippen molar-refractivity contribution in [1.29, 1.82) is 0 Å². The van der Waals surface area contributed by atoms with E-state index in [0.29, 0.717) is 15.6 Å². The Labute approximate surface area is 165 Å². The van der Waals surface area contributed by atoms with Gasteiger partial charge in [0.15, 0.2) is 10.9 Å². The van der Waals surface area contributed by atoms with Crippen LogP contribution >= 0.6 is 11.8 Å². The molecule has 0 spiro atoms. The van der Waals surface area contributed by atoms with E-state index < -0.39 is 16.4 Å². The van der Waals surface area contributed by atoms with Gasteiger partial charge in [-0.15, -0.1) is 0 Å². The quantitative estimate of drug-likeness (QED) is 0.476. The maximum atomic E-state index is 12.5. The lowest BCUT2D eigenvalue weighted by Crippen LogP contribution is -2.23. The molecule has 0 aromatic heterocycles. The molecule has 1 heterocycles. The molecule has 28 heavy (non-hydrogen) atoms. The third kappa shape index (κ3) is 3.84. The van der Waals surface area contributed by atoms with E-state index in [2.05, 4.69) is 4.99 Å². The Bertz CT molecular complexity index is 1010. The molecule has 2 aromatic carbocycles. The predicted molar refractivity (Wildman–Crippen MR) is 108 cm³/mol. The molecule has 2 aromatic rings. The number of nitro groups is 1. The summed E-state index contributed by atoms with van der Waals surface area (Å²) in [4.78, 5) is 29.2. The molecule has 0 radical (unpaired) electrons. The molecule has 1 saturated heterocycles. The Balaban J connectivity index is 1.97. The first-order valence-electron chi connectivity index (χ1n) is 8.18. The highest BCUT2D eigenvalue weighted by Gasteiger charge is 2.31. The monoisotopic (exact) mass is 399 g/mol. The lowest BCUT2D eigenvalue weighted by atomic mass is 10.1. The van der Waals surface area contributed by atoms with Gasteiger partial charge in [-0.25, -0.2) is 4.99 Å². The molecule has 1 amide bonds. The van der Waals surface area contributed by atoms with Gasteiger partial charge in [-0.2, -0.15) is 0 Å². The van der Waals surface area contributed by atoms with Crippen molar-refractivity contribution in [1.82, 2.24) is 4.90 Å². The summed E-state index contributed by atoms with van der Waals surface area (Å²) < 4.78 is 4.99. The summed E-state index contributed by atoms with van der Waals surface area (Å²) in [5, 5.41) is 21.5. The molecule has 9 heteroatoms. The minimum Gasteiger partial charge on any atom is -0.500 e. The van der Waals surface area contributed by atoms with Crippen LogP contribution in [0.3, 0.4) is 0 Å². The van der Waals surface area contributed by atoms with Gasteiger partial charge >= 0.3 is 5.69 Å². The van der Waals surface area contributed by atoms with E-state index >= 15 is 0 Å². The molecule has 144 valence electrons. The number of carbonyl (C=O) groups is 1. The molecule has 0 bridgehead atoms. The molecule has 3 rings (SSSR count). The number of aryl methyl sites for hydroxylation is 1. The van der Waals surface area contributed by atoms with Gasteiger partial charge in [0.1, 0.15) is 0 Å². The number of phenolic OH excluding ortho intramolecular Hbond substituents is 1. The second-order valence-electron chi connectivity index (χ2n) is 6.05. The normalized spacial score (nSPS) is 16.8. The van der Waals surface area contributed by atoms with Crippen LogP contribution in [0.4, 0.5) is 11.4 Å². The zero-order valence-electron chi connectivity index (χ0n) is 15.4. The second kappa shape index (κ2) is 7.73. The number of nitro benzene ring substituents is 1. The van der Waals surface area contributed by atoms with Crippen molar-refractivity contribution < 1.29 is 19.6 Å². The van der Waals surface area contributed by atoms with E-state index in [1.165, 1.54) is 42.0 Å². The topological polar surface area (TPSA) is 105 Å². The van der Waals surface area contributed by atoms with E-state index in [9.17, 15) is 20.0 Å². The predicted octanol–water partition coefficient (Wildman–Crippen LogP) is 3.85. The number of aromatic hydroxyl groups is 1. The third-order valence-corrected chi connectivity index (χ3v) is 5.11. The van der Waals surface area contributed by atoms with Crippen LogP contribution < -0.4 is 4.74 Å². The first kappa shape index (κ1) is 19.4. The molecule has 0 unspecified atom stereocenters. The van der Waals surface area contributed by atoms with E-state index in [1.54, 1.807) is 7.05 Å². The van der Waals surface area contributed by atoms with Gasteiger partial charge in [0.05, 0.1) is 22.6 Å². The minimum absolute atomic E-state index is 0.0432. The molecule has 1 N–H and O–H groups in total. The average Bonchev–Trinajstić information content (AvgIpc) is 2.92. The molecule has 0 saturated carbocycles. The summed E-state index contributed by atoms with van der Waals surface area (Å²) in [5.74, 6) is -0.872. The zero-order valence-corrected chi connectivity index (χ0v) is 16.2. The molecule has 8 nitrogen and oxygen atoms in total. The fourth-order valence-electron chi connectivity index (χ4n) is 2.52. The summed E-state index contributed by atoms with van der Waals surface area (Å²) in [6, 6.07) is 10.2. The molecular formula is C19H17N3O5S. The fourth-order valence-corrected chi connectivity index (χ4v) is 3.51. The Hall–Kier alpha value is -3.33. The average molecular weight is 399 g/mol. The standard InChI is InChI=1S/C19H17N3O5S/c1-11-4-6-13(7-5-11)20-19-21(2)18(24)16(28-19)10-12-8-14(22(25)26)17(23)15(9-12)27-3/h4-10,23H,1-3H3/b16-10+,20-19?. The zero-order chi connectivity index (χ0) is 20.4. The smallest absolute Gasteiger partial charge is 0.315 e. The lowest BCUT2D eigenvalue weighted by Gasteiger charge is -2.07. The van der Waals surface area contributed by atoms with Crippen LogP contribution in [-0.4, -0.2) is 40.2 Å². The lowest BCUT2D eigenvalue weighted by molar-refractivity contribution is -0.386. The summed E-state index contributed by atoms with van der Waals surface area (Å²) in [6.45, 7) is 1.98. The van der Waals surface area contributed by atoms with Gasteiger partial charge in [0.25, 0.3) is 5.91 Å². The molecule has 1 fully saturated rings. The number of phenols is 1. The SMILES string of the molecule is COc1cc(/C=C2/SC(=Nc3ccc(C)cc3)N(C)C2=O)cc([N+](=O)[O-])c1O. The van der Waals surface area contributed by atoms with Gasteiger partial charge in [-0.1, -0.05) is 17.7 Å². The summed E-state index contributed by atoms with van der Waals surface area (Å²) >= 11 is 1.17. The highest BCUT2D eigenvalue weighted by molar-refractivity contribution is 8.18. The molecular weight excluding hydrogens is 382 g/mol. The maximum absolute atomic E-state index is 12.5. The molecule has 0 aliphatic carbocycles. The Morgan fingerprint density at radius 1 is 1.29 bits per heavy atom. The van der Waals surface area contributed by atoms with Crippen molar-refractivity contribution in [3.8, 4) is 11.5 Å². The van der Waals surface area contributed by atoms with Crippen LogP contribution in [0.5, 0.6) is 11.5 Å². The molecule has 0 atom stereocenters. The number of amidine groups is 1. The second-order valence-corrected chi connectivity index (χ2v) is 7.06. The van der Waals surface area contributed by atoms with Crippen LogP contribution in [0, 0.1) is 17.0 Å². The highest BCUT2D eigenvalue weighted by Crippen LogP contribution is 2.39. The van der Waals surface area contributed by atoms with Crippen LogP contribution in [0.25, 0.3) is 6.08 Å². The number of rotatable bonds is 4. The first-order valence-corrected chi connectivity index (χ1v) is 9.00. The number of thioether (sulfide) groups is 1. The van der Waals surface area contributed by atoms with Crippen molar-refractivity contribution in [3.05, 3.63) is 62.5 Å². The molecule has 1 aliphatic rings. The number of hydrogen-bond donors (Lipinski definition) is 1. The number of amides is 1. The van der Waals surface area contributed by atoms with Gasteiger partial charge in [-0.3, -0.25) is 19.8 Å². The number of nitrogens with zero attached hydrogens (tertiary/aromatic N) is 3. The number of benzene rings is 2. The van der Waals surface area contributed by atoms with Gasteiger partial charge < -0.3 is 9.84 Å². The van der Waals surface area contributed by atoms with Gasteiger partial charge in [-0.05, 0) is 48.5 Å². The number of aliphatic imine (C=N–C) groups is 1. The number of hydrogen-bond acceptors (Lipinski definition) is 7. The van der Waals surface area contributed by atoms with Crippen molar-refractivity contribution in [2.45, 2.75) is 6.92 Å². The van der Waals surface area contributed by atoms with E-state index in [-0.39, 0.29) is 11.7 Å². The van der Waals surface area contributed by atoms with E-state index in [0.717, 1.165) is 11.3 Å². The van der Waals surface area contributed by atoms with Gasteiger partial charge in [0, 0.05) is 13.1 Å². The van der Waals surface area contributed by atoms with Crippen LogP contribution in [0.2, 0.25) is 0 Å². The Morgan fingerprint density at radius 2 is 1.96 bits per heavy atom. The maximum Gasteiger partial charge on any atom is 0.315 e. The van der Waals surface area contributed by atoms with E-state index in [1.807, 2.05) is 31.2 Å². The number of methoxy groups -OCH3 is 1. The first-order chi connectivity index (χ1) is 13.3. The summed E-state index contributed by atoms with van der Waals surface area (Å²) in [7, 11) is 2.91. The number of ether oxygens (including phenoxy) is 1. The highest BCUT2D eigenvalue weighted by atomic mass is 32.2. The largest absolute Gasteiger partial charge is 0.500 e. The Kier molecular flexibility index (Phi) is 5.36. The number of carbonyl (C=O) groups excluding carboxylic acids is 1. The van der Waals surface area contributed by atoms with Crippen molar-refractivity contribution in [2.24, 2.45) is 4.99 Å². The van der Waals surface area contributed by atoms with Crippen LogP contribution in [0.1, 0.15) is 11.1 Å². The van der Waals surface area contributed by atoms with Crippen molar-refractivity contribution >= 4 is 40.3 Å². The minimum atomic E-state index is -0.708. The summed E-state index contributed by atoms with van der Waals surface area (Å²) in [5.41, 5.74) is 1.69. The van der Waals surface area contributed by atoms with Gasteiger partial charge in [0.2, 0.25) is 5.75 Å². The summed E-state index contributed by atoms with van der Waals surface area (Å²) in [6.07, 6.45) is 1.51. The Morgan fingerprint density at radius 3 is 2.57 bits per heavy atom. The van der Waals surface area contributed by atoms with E-state index in [4.69, 9.17) is 4.74 Å². The molecule has 1 aliphatic heterocycles. The van der Waals surface area contributed by atoms with Crippen LogP contribution in [-0.2, 0) is 4.79 Å². The third-order valence-electron chi connectivity index (χ3n) is 4.05. The van der Waals surface area contributed by atoms with Crippen LogP contribution in [0.15, 0.2) is 46.3 Å².